The Kier molecular flexibility index (Phi) is 6.01. The Hall–Kier alpha value is -1.86. The van der Waals surface area contributed by atoms with Gasteiger partial charge in [-0.2, -0.15) is 0 Å². The first-order valence-corrected chi connectivity index (χ1v) is 11.1. The Morgan fingerprint density at radius 2 is 1.96 bits per heavy atom. The van der Waals surface area contributed by atoms with Crippen LogP contribution in [-0.2, 0) is 24.1 Å². The van der Waals surface area contributed by atoms with E-state index in [1.165, 1.54) is 29.3 Å². The van der Waals surface area contributed by atoms with Crippen molar-refractivity contribution < 1.29 is 9.53 Å². The molecule has 1 aromatic heterocycles. The lowest BCUT2D eigenvalue weighted by Gasteiger charge is -2.28. The summed E-state index contributed by atoms with van der Waals surface area (Å²) >= 11 is 1.49. The summed E-state index contributed by atoms with van der Waals surface area (Å²) in [4.78, 5) is 15.0. The third-order valence-electron chi connectivity index (χ3n) is 5.29. The summed E-state index contributed by atoms with van der Waals surface area (Å²) in [7, 11) is 0. The number of nitrogens with zero attached hydrogens (tertiary/aromatic N) is 4. The predicted octanol–water partition coefficient (Wildman–Crippen LogP) is 3.23. The molecule has 6 nitrogen and oxygen atoms in total. The number of aromatic nitrogens is 3. The molecule has 2 heterocycles. The fourth-order valence-electron chi connectivity index (χ4n) is 3.87. The van der Waals surface area contributed by atoms with Crippen LogP contribution in [0.5, 0.6) is 0 Å². The van der Waals surface area contributed by atoms with Crippen LogP contribution in [0.3, 0.4) is 0 Å². The largest absolute Gasteiger partial charge is 0.378 e. The van der Waals surface area contributed by atoms with Crippen molar-refractivity contribution in [2.24, 2.45) is 5.92 Å². The molecule has 1 aromatic carbocycles. The summed E-state index contributed by atoms with van der Waals surface area (Å²) < 4.78 is 7.62. The van der Waals surface area contributed by atoms with E-state index in [0.29, 0.717) is 24.9 Å². The van der Waals surface area contributed by atoms with E-state index in [4.69, 9.17) is 4.74 Å². The van der Waals surface area contributed by atoms with Crippen molar-refractivity contribution in [2.75, 3.05) is 37.0 Å². The molecule has 0 atom stereocenters. The van der Waals surface area contributed by atoms with Gasteiger partial charge in [0.15, 0.2) is 10.9 Å². The summed E-state index contributed by atoms with van der Waals surface area (Å²) in [5, 5.41) is 9.67. The summed E-state index contributed by atoms with van der Waals surface area (Å²) in [5.74, 6) is 1.91. The third-order valence-corrected chi connectivity index (χ3v) is 6.26. The zero-order valence-electron chi connectivity index (χ0n) is 16.7. The van der Waals surface area contributed by atoms with Crippen molar-refractivity contribution in [3.8, 4) is 0 Å². The average molecular weight is 401 g/mol. The predicted molar refractivity (Wildman–Crippen MR) is 111 cm³/mol. The second-order valence-corrected chi connectivity index (χ2v) is 8.88. The van der Waals surface area contributed by atoms with Crippen LogP contribution >= 0.6 is 11.8 Å². The zero-order valence-corrected chi connectivity index (χ0v) is 17.5. The molecule has 0 unspecified atom stereocenters. The minimum Gasteiger partial charge on any atom is -0.378 e. The van der Waals surface area contributed by atoms with Gasteiger partial charge in [0.2, 0.25) is 5.95 Å². The van der Waals surface area contributed by atoms with Crippen molar-refractivity contribution >= 4 is 23.5 Å². The second kappa shape index (κ2) is 8.66. The highest BCUT2D eigenvalue weighted by Gasteiger charge is 2.22. The number of thioether (sulfide) groups is 1. The number of morpholine rings is 1. The lowest BCUT2D eigenvalue weighted by molar-refractivity contribution is 0.102. The number of ether oxygens (including phenoxy) is 1. The maximum absolute atomic E-state index is 12.8. The molecule has 7 heteroatoms. The van der Waals surface area contributed by atoms with Gasteiger partial charge in [-0.25, -0.2) is 0 Å². The zero-order chi connectivity index (χ0) is 19.5. The molecule has 1 fully saturated rings. The van der Waals surface area contributed by atoms with Crippen LogP contribution in [0.25, 0.3) is 0 Å². The number of hydrogen-bond acceptors (Lipinski definition) is 6. The Bertz CT molecular complexity index is 843. The van der Waals surface area contributed by atoms with Gasteiger partial charge < -0.3 is 9.64 Å². The Balaban J connectivity index is 1.47. The van der Waals surface area contributed by atoms with Crippen LogP contribution in [0, 0.1) is 5.92 Å². The standard InChI is InChI=1S/C21H28N4O2S/c1-15(2)13-25-20(24-8-10-27-11-9-24)22-23-21(25)28-14-19(26)18-7-6-16-4-3-5-17(16)12-18/h6-7,12,15H,3-5,8-11,13-14H2,1-2H3. The average Bonchev–Trinajstić information content (AvgIpc) is 3.32. The van der Waals surface area contributed by atoms with Crippen molar-refractivity contribution in [1.29, 1.82) is 0 Å². The van der Waals surface area contributed by atoms with E-state index in [1.807, 2.05) is 6.07 Å². The highest BCUT2D eigenvalue weighted by Crippen LogP contribution is 2.26. The molecule has 0 N–H and O–H groups in total. The molecular weight excluding hydrogens is 372 g/mol. The molecule has 0 spiro atoms. The molecule has 28 heavy (non-hydrogen) atoms. The second-order valence-electron chi connectivity index (χ2n) is 7.94. The molecule has 0 radical (unpaired) electrons. The number of carbonyl (C=O) groups excluding carboxylic acids is 1. The van der Waals surface area contributed by atoms with Gasteiger partial charge in [0.25, 0.3) is 0 Å². The van der Waals surface area contributed by atoms with Crippen LogP contribution in [0.15, 0.2) is 23.4 Å². The Morgan fingerprint density at radius 3 is 2.75 bits per heavy atom. The first-order chi connectivity index (χ1) is 13.6. The number of carbonyl (C=O) groups is 1. The van der Waals surface area contributed by atoms with Gasteiger partial charge >= 0.3 is 0 Å². The molecular formula is C21H28N4O2S. The van der Waals surface area contributed by atoms with E-state index in [1.54, 1.807) is 0 Å². The van der Waals surface area contributed by atoms with Crippen LogP contribution in [0.1, 0.15) is 41.8 Å². The number of ketones is 1. The molecule has 1 aliphatic heterocycles. The van der Waals surface area contributed by atoms with E-state index >= 15 is 0 Å². The van der Waals surface area contributed by atoms with Crippen molar-refractivity contribution in [2.45, 2.75) is 44.8 Å². The van der Waals surface area contributed by atoms with E-state index in [-0.39, 0.29) is 5.78 Å². The molecule has 1 saturated heterocycles. The minimum atomic E-state index is 0.159. The fourth-order valence-corrected chi connectivity index (χ4v) is 4.71. The molecule has 0 amide bonds. The van der Waals surface area contributed by atoms with E-state index < -0.39 is 0 Å². The molecule has 4 rings (SSSR count). The summed E-state index contributed by atoms with van der Waals surface area (Å²) in [6.45, 7) is 8.31. The van der Waals surface area contributed by atoms with Gasteiger partial charge in [0.05, 0.1) is 19.0 Å². The summed E-state index contributed by atoms with van der Waals surface area (Å²) in [6.07, 6.45) is 3.43. The molecule has 0 bridgehead atoms. The van der Waals surface area contributed by atoms with Crippen molar-refractivity contribution in [3.05, 3.63) is 34.9 Å². The third kappa shape index (κ3) is 4.25. The van der Waals surface area contributed by atoms with Crippen LogP contribution in [-0.4, -0.2) is 52.6 Å². The lowest BCUT2D eigenvalue weighted by atomic mass is 10.0. The maximum atomic E-state index is 12.8. The maximum Gasteiger partial charge on any atom is 0.228 e. The van der Waals surface area contributed by atoms with E-state index in [0.717, 1.165) is 49.1 Å². The van der Waals surface area contributed by atoms with Gasteiger partial charge in [-0.05, 0) is 42.4 Å². The van der Waals surface area contributed by atoms with Crippen molar-refractivity contribution in [3.63, 3.8) is 0 Å². The van der Waals surface area contributed by atoms with Crippen LogP contribution in [0.4, 0.5) is 5.95 Å². The number of anilines is 1. The van der Waals surface area contributed by atoms with Gasteiger partial charge in [-0.1, -0.05) is 37.7 Å². The minimum absolute atomic E-state index is 0.159. The molecule has 2 aliphatic rings. The summed E-state index contributed by atoms with van der Waals surface area (Å²) in [6, 6.07) is 6.19. The summed E-state index contributed by atoms with van der Waals surface area (Å²) in [5.41, 5.74) is 3.56. The highest BCUT2D eigenvalue weighted by atomic mass is 32.2. The van der Waals surface area contributed by atoms with Gasteiger partial charge in [-0.3, -0.25) is 9.36 Å². The van der Waals surface area contributed by atoms with Crippen LogP contribution < -0.4 is 4.90 Å². The lowest BCUT2D eigenvalue weighted by Crippen LogP contribution is -2.38. The van der Waals surface area contributed by atoms with Crippen molar-refractivity contribution in [1.82, 2.24) is 14.8 Å². The molecule has 0 saturated carbocycles. The smallest absolute Gasteiger partial charge is 0.228 e. The number of fused-ring (bicyclic) bond motifs is 1. The molecule has 1 aliphatic carbocycles. The van der Waals surface area contributed by atoms with Gasteiger partial charge in [-0.15, -0.1) is 10.2 Å². The number of benzene rings is 1. The molecule has 150 valence electrons. The van der Waals surface area contributed by atoms with Gasteiger partial charge in [0, 0.05) is 25.2 Å². The highest BCUT2D eigenvalue weighted by molar-refractivity contribution is 7.99. The van der Waals surface area contributed by atoms with E-state index in [2.05, 4.69) is 45.6 Å². The number of aryl methyl sites for hydroxylation is 2. The Morgan fingerprint density at radius 1 is 1.18 bits per heavy atom. The Labute approximate surface area is 170 Å². The fraction of sp³-hybridized carbons (Fsp3) is 0.571. The monoisotopic (exact) mass is 400 g/mol. The number of hydrogen-bond donors (Lipinski definition) is 0. The normalized spacial score (nSPS) is 16.6. The van der Waals surface area contributed by atoms with Crippen LogP contribution in [0.2, 0.25) is 0 Å². The topological polar surface area (TPSA) is 60.2 Å². The van der Waals surface area contributed by atoms with E-state index in [9.17, 15) is 4.79 Å². The SMILES string of the molecule is CC(C)Cn1c(SCC(=O)c2ccc3c(c2)CCC3)nnc1N1CCOCC1. The first-order valence-electron chi connectivity index (χ1n) is 10.2. The quantitative estimate of drug-likeness (QED) is 0.525. The number of rotatable bonds is 7. The van der Waals surface area contributed by atoms with Gasteiger partial charge in [0.1, 0.15) is 0 Å². The number of Topliss-reactive ketones (excluding diaryl/α,β-unsaturated/α-hetero) is 1. The molecule has 2 aromatic rings. The first kappa shape index (κ1) is 19.5.